The highest BCUT2D eigenvalue weighted by Crippen LogP contribution is 2.27. The van der Waals surface area contributed by atoms with Gasteiger partial charge in [0.1, 0.15) is 9.88 Å². The highest BCUT2D eigenvalue weighted by Gasteiger charge is 2.16. The SMILES string of the molecule is COCCNCCNC(=O)c1sc(-c2cnn(C)c2)nc1C. The maximum atomic E-state index is 12.2. The number of amides is 1. The van der Waals surface area contributed by atoms with Crippen molar-refractivity contribution in [1.29, 1.82) is 0 Å². The fourth-order valence-electron chi connectivity index (χ4n) is 1.91. The molecule has 0 bridgehead atoms. The van der Waals surface area contributed by atoms with Gasteiger partial charge < -0.3 is 15.4 Å². The highest BCUT2D eigenvalue weighted by molar-refractivity contribution is 7.17. The third kappa shape index (κ3) is 4.36. The van der Waals surface area contributed by atoms with Crippen molar-refractivity contribution >= 4 is 17.2 Å². The molecule has 8 heteroatoms. The van der Waals surface area contributed by atoms with Crippen LogP contribution in [0.3, 0.4) is 0 Å². The molecule has 0 unspecified atom stereocenters. The van der Waals surface area contributed by atoms with E-state index in [9.17, 15) is 4.79 Å². The Morgan fingerprint density at radius 1 is 1.41 bits per heavy atom. The lowest BCUT2D eigenvalue weighted by Crippen LogP contribution is -2.33. The van der Waals surface area contributed by atoms with Crippen LogP contribution < -0.4 is 10.6 Å². The average molecular weight is 323 g/mol. The first-order chi connectivity index (χ1) is 10.6. The van der Waals surface area contributed by atoms with Crippen molar-refractivity contribution in [3.8, 4) is 10.6 Å². The zero-order chi connectivity index (χ0) is 15.9. The van der Waals surface area contributed by atoms with E-state index in [-0.39, 0.29) is 5.91 Å². The Hall–Kier alpha value is -1.77. The van der Waals surface area contributed by atoms with Gasteiger partial charge in [0.15, 0.2) is 0 Å². The zero-order valence-electron chi connectivity index (χ0n) is 13.0. The van der Waals surface area contributed by atoms with Crippen molar-refractivity contribution < 1.29 is 9.53 Å². The van der Waals surface area contributed by atoms with Crippen molar-refractivity contribution in [3.05, 3.63) is 23.0 Å². The number of rotatable bonds is 8. The van der Waals surface area contributed by atoms with Crippen molar-refractivity contribution in [3.63, 3.8) is 0 Å². The third-order valence-corrected chi connectivity index (χ3v) is 4.23. The molecule has 22 heavy (non-hydrogen) atoms. The lowest BCUT2D eigenvalue weighted by Gasteiger charge is -2.05. The predicted molar refractivity (Wildman–Crippen MR) is 86.1 cm³/mol. The van der Waals surface area contributed by atoms with Crippen molar-refractivity contribution in [2.24, 2.45) is 7.05 Å². The molecule has 0 atom stereocenters. The Morgan fingerprint density at radius 3 is 2.91 bits per heavy atom. The van der Waals surface area contributed by atoms with Gasteiger partial charge in [-0.05, 0) is 6.92 Å². The summed E-state index contributed by atoms with van der Waals surface area (Å²) in [5.74, 6) is -0.0846. The number of carbonyl (C=O) groups excluding carboxylic acids is 1. The summed E-state index contributed by atoms with van der Waals surface area (Å²) in [6.07, 6.45) is 3.64. The van der Waals surface area contributed by atoms with Crippen molar-refractivity contribution in [2.45, 2.75) is 6.92 Å². The van der Waals surface area contributed by atoms with Gasteiger partial charge in [-0.1, -0.05) is 0 Å². The van der Waals surface area contributed by atoms with E-state index < -0.39 is 0 Å². The summed E-state index contributed by atoms with van der Waals surface area (Å²) in [5, 5.41) is 11.0. The lowest BCUT2D eigenvalue weighted by atomic mass is 10.3. The number of carbonyl (C=O) groups is 1. The van der Waals surface area contributed by atoms with Crippen LogP contribution in [0, 0.1) is 6.92 Å². The van der Waals surface area contributed by atoms with Crippen LogP contribution in [-0.4, -0.2) is 54.0 Å². The van der Waals surface area contributed by atoms with E-state index in [1.54, 1.807) is 18.0 Å². The lowest BCUT2D eigenvalue weighted by molar-refractivity contribution is 0.0957. The number of aromatic nitrogens is 3. The van der Waals surface area contributed by atoms with Crippen LogP contribution in [0.4, 0.5) is 0 Å². The molecule has 0 spiro atoms. The van der Waals surface area contributed by atoms with Crippen LogP contribution in [0.15, 0.2) is 12.4 Å². The first-order valence-electron chi connectivity index (χ1n) is 7.06. The van der Waals surface area contributed by atoms with Crippen LogP contribution >= 0.6 is 11.3 Å². The molecular formula is C14H21N5O2S. The van der Waals surface area contributed by atoms with E-state index in [1.807, 2.05) is 20.2 Å². The van der Waals surface area contributed by atoms with E-state index in [1.165, 1.54) is 11.3 Å². The second kappa shape index (κ2) is 8.02. The molecule has 2 aromatic rings. The van der Waals surface area contributed by atoms with E-state index >= 15 is 0 Å². The maximum Gasteiger partial charge on any atom is 0.263 e. The van der Waals surface area contributed by atoms with Crippen LogP contribution in [0.1, 0.15) is 15.4 Å². The summed E-state index contributed by atoms with van der Waals surface area (Å²) in [4.78, 5) is 17.3. The Morgan fingerprint density at radius 2 is 2.23 bits per heavy atom. The minimum atomic E-state index is -0.0846. The fraction of sp³-hybridized carbons (Fsp3) is 0.500. The number of hydrogen-bond donors (Lipinski definition) is 2. The molecule has 0 fully saturated rings. The molecule has 0 saturated heterocycles. The Bertz CT molecular complexity index is 623. The molecule has 0 radical (unpaired) electrons. The van der Waals surface area contributed by atoms with E-state index in [0.717, 1.165) is 22.8 Å². The Kier molecular flexibility index (Phi) is 6.05. The summed E-state index contributed by atoms with van der Waals surface area (Å²) >= 11 is 1.39. The molecule has 0 aliphatic carbocycles. The van der Waals surface area contributed by atoms with Gasteiger partial charge in [-0.15, -0.1) is 11.3 Å². The first kappa shape index (κ1) is 16.6. The normalized spacial score (nSPS) is 10.9. The summed E-state index contributed by atoms with van der Waals surface area (Å²) in [6.45, 7) is 4.57. The molecule has 120 valence electrons. The minimum Gasteiger partial charge on any atom is -0.383 e. The van der Waals surface area contributed by atoms with Gasteiger partial charge in [0.05, 0.1) is 18.5 Å². The number of hydrogen-bond acceptors (Lipinski definition) is 6. The van der Waals surface area contributed by atoms with E-state index in [2.05, 4.69) is 20.7 Å². The first-order valence-corrected chi connectivity index (χ1v) is 7.87. The quantitative estimate of drug-likeness (QED) is 0.703. The molecule has 2 aromatic heterocycles. The van der Waals surface area contributed by atoms with E-state index in [0.29, 0.717) is 24.6 Å². The standard InChI is InChI=1S/C14H21N5O2S/c1-10-12(13(20)16-5-4-15-6-7-21-3)22-14(18-10)11-8-17-19(2)9-11/h8-9,15H,4-7H2,1-3H3,(H,16,20). The smallest absolute Gasteiger partial charge is 0.263 e. The fourth-order valence-corrected chi connectivity index (χ4v) is 2.86. The number of thiazole rings is 1. The number of aryl methyl sites for hydroxylation is 2. The molecule has 2 heterocycles. The largest absolute Gasteiger partial charge is 0.383 e. The van der Waals surface area contributed by atoms with Crippen molar-refractivity contribution in [1.82, 2.24) is 25.4 Å². The highest BCUT2D eigenvalue weighted by atomic mass is 32.1. The maximum absolute atomic E-state index is 12.2. The predicted octanol–water partition coefficient (Wildman–Crippen LogP) is 0.818. The molecule has 1 amide bonds. The van der Waals surface area contributed by atoms with Gasteiger partial charge in [0.2, 0.25) is 0 Å². The Labute approximate surface area is 133 Å². The summed E-state index contributed by atoms with van der Waals surface area (Å²) in [6, 6.07) is 0. The molecule has 0 aliphatic heterocycles. The number of nitrogens with zero attached hydrogens (tertiary/aromatic N) is 3. The molecule has 0 aromatic carbocycles. The van der Waals surface area contributed by atoms with Crippen LogP contribution in [0.5, 0.6) is 0 Å². The number of nitrogens with one attached hydrogen (secondary N) is 2. The summed E-state index contributed by atoms with van der Waals surface area (Å²) < 4.78 is 6.66. The molecule has 0 saturated carbocycles. The molecule has 0 aliphatic rings. The summed E-state index contributed by atoms with van der Waals surface area (Å²) in [5.41, 5.74) is 1.67. The zero-order valence-corrected chi connectivity index (χ0v) is 13.9. The van der Waals surface area contributed by atoms with Crippen LogP contribution in [0.25, 0.3) is 10.6 Å². The second-order valence-electron chi connectivity index (χ2n) is 4.83. The average Bonchev–Trinajstić information content (AvgIpc) is 3.08. The Balaban J connectivity index is 1.89. The number of ether oxygens (including phenoxy) is 1. The van der Waals surface area contributed by atoms with Crippen molar-refractivity contribution in [2.75, 3.05) is 33.4 Å². The molecular weight excluding hydrogens is 302 g/mol. The van der Waals surface area contributed by atoms with Gasteiger partial charge in [0.25, 0.3) is 5.91 Å². The molecule has 2 rings (SSSR count). The topological polar surface area (TPSA) is 81.1 Å². The second-order valence-corrected chi connectivity index (χ2v) is 5.83. The van der Waals surface area contributed by atoms with Gasteiger partial charge in [-0.3, -0.25) is 9.48 Å². The van der Waals surface area contributed by atoms with Gasteiger partial charge in [-0.25, -0.2) is 4.98 Å². The van der Waals surface area contributed by atoms with Gasteiger partial charge >= 0.3 is 0 Å². The summed E-state index contributed by atoms with van der Waals surface area (Å²) in [7, 11) is 3.52. The monoisotopic (exact) mass is 323 g/mol. The van der Waals surface area contributed by atoms with Crippen LogP contribution in [0.2, 0.25) is 0 Å². The van der Waals surface area contributed by atoms with Gasteiger partial charge in [-0.2, -0.15) is 5.10 Å². The van der Waals surface area contributed by atoms with E-state index in [4.69, 9.17) is 4.74 Å². The van der Waals surface area contributed by atoms with Gasteiger partial charge in [0, 0.05) is 45.6 Å². The van der Waals surface area contributed by atoms with Crippen LogP contribution in [-0.2, 0) is 11.8 Å². The number of methoxy groups -OCH3 is 1. The minimum absolute atomic E-state index is 0.0846. The molecule has 7 nitrogen and oxygen atoms in total. The molecule has 2 N–H and O–H groups in total. The third-order valence-electron chi connectivity index (χ3n) is 3.02.